The molecule has 2 aromatic carbocycles. The summed E-state index contributed by atoms with van der Waals surface area (Å²) in [6.45, 7) is 5.21. The van der Waals surface area contributed by atoms with Gasteiger partial charge in [-0.3, -0.25) is 0 Å². The van der Waals surface area contributed by atoms with E-state index >= 15 is 0 Å². The smallest absolute Gasteiger partial charge is 0.246 e. The summed E-state index contributed by atoms with van der Waals surface area (Å²) in [6, 6.07) is 12.4. The van der Waals surface area contributed by atoms with E-state index in [1.54, 1.807) is 0 Å². The van der Waals surface area contributed by atoms with Crippen LogP contribution in [-0.4, -0.2) is 49.1 Å². The first-order valence-corrected chi connectivity index (χ1v) is 11.3. The molecule has 0 aliphatic carbocycles. The van der Waals surface area contributed by atoms with Gasteiger partial charge in [0.05, 0.1) is 5.69 Å². The Morgan fingerprint density at radius 1 is 0.839 bits per heavy atom. The summed E-state index contributed by atoms with van der Waals surface area (Å²) >= 11 is 0. The minimum atomic E-state index is -4.04. The number of rotatable bonds is 4. The fraction of sp³-hybridized carbons (Fsp3) is 0.273. The predicted molar refractivity (Wildman–Crippen MR) is 114 cm³/mol. The van der Waals surface area contributed by atoms with E-state index in [1.807, 2.05) is 36.1 Å². The third kappa shape index (κ3) is 4.28. The largest absolute Gasteiger partial charge is 0.352 e. The van der Waals surface area contributed by atoms with Gasteiger partial charge in [-0.15, -0.1) is 10.2 Å². The number of aryl methyl sites for hydroxylation is 2. The van der Waals surface area contributed by atoms with Crippen molar-refractivity contribution in [2.24, 2.45) is 0 Å². The topological polar surface area (TPSA) is 66.4 Å². The Morgan fingerprint density at radius 2 is 1.58 bits per heavy atom. The highest BCUT2D eigenvalue weighted by Gasteiger charge is 2.31. The van der Waals surface area contributed by atoms with Crippen molar-refractivity contribution < 1.29 is 17.2 Å². The van der Waals surface area contributed by atoms with Crippen LogP contribution in [0.15, 0.2) is 53.4 Å². The van der Waals surface area contributed by atoms with Crippen LogP contribution >= 0.6 is 0 Å². The minimum Gasteiger partial charge on any atom is -0.352 e. The number of anilines is 1. The summed E-state index contributed by atoms with van der Waals surface area (Å²) < 4.78 is 53.8. The van der Waals surface area contributed by atoms with Crippen molar-refractivity contribution in [3.05, 3.63) is 71.3 Å². The van der Waals surface area contributed by atoms with Gasteiger partial charge in [-0.05, 0) is 55.3 Å². The molecule has 3 aromatic rings. The van der Waals surface area contributed by atoms with Gasteiger partial charge in [-0.25, -0.2) is 17.2 Å². The summed E-state index contributed by atoms with van der Waals surface area (Å²) in [5.74, 6) is -1.25. The molecule has 0 atom stereocenters. The maximum absolute atomic E-state index is 14.0. The predicted octanol–water partition coefficient (Wildman–Crippen LogP) is 3.55. The van der Waals surface area contributed by atoms with E-state index in [-0.39, 0.29) is 13.1 Å². The van der Waals surface area contributed by atoms with Crippen LogP contribution in [0.4, 0.5) is 14.6 Å². The second-order valence-electron chi connectivity index (χ2n) is 7.54. The second-order valence-corrected chi connectivity index (χ2v) is 9.45. The van der Waals surface area contributed by atoms with Gasteiger partial charge < -0.3 is 4.90 Å². The molecule has 31 heavy (non-hydrogen) atoms. The molecule has 0 saturated carbocycles. The highest BCUT2D eigenvalue weighted by molar-refractivity contribution is 7.89. The Bertz CT molecular complexity index is 1210. The lowest BCUT2D eigenvalue weighted by molar-refractivity contribution is 0.381. The van der Waals surface area contributed by atoms with E-state index in [1.165, 1.54) is 15.4 Å². The van der Waals surface area contributed by atoms with E-state index < -0.39 is 26.6 Å². The van der Waals surface area contributed by atoms with Crippen LogP contribution in [0.1, 0.15) is 11.1 Å². The number of halogens is 2. The number of hydrogen-bond donors (Lipinski definition) is 0. The summed E-state index contributed by atoms with van der Waals surface area (Å²) in [7, 11) is -4.04. The molecular weight excluding hydrogens is 422 g/mol. The molecule has 0 unspecified atom stereocenters. The zero-order chi connectivity index (χ0) is 22.2. The summed E-state index contributed by atoms with van der Waals surface area (Å²) in [4.78, 5) is 1.42. The molecule has 1 aromatic heterocycles. The molecule has 0 radical (unpaired) electrons. The van der Waals surface area contributed by atoms with E-state index in [0.29, 0.717) is 25.0 Å². The maximum atomic E-state index is 14.0. The van der Waals surface area contributed by atoms with Crippen molar-refractivity contribution in [3.8, 4) is 11.3 Å². The minimum absolute atomic E-state index is 0.166. The van der Waals surface area contributed by atoms with Crippen LogP contribution in [0.5, 0.6) is 0 Å². The fourth-order valence-electron chi connectivity index (χ4n) is 3.53. The van der Waals surface area contributed by atoms with Gasteiger partial charge >= 0.3 is 0 Å². The average molecular weight is 445 g/mol. The van der Waals surface area contributed by atoms with Crippen molar-refractivity contribution in [2.75, 3.05) is 31.1 Å². The number of aromatic nitrogens is 2. The molecule has 162 valence electrons. The highest BCUT2D eigenvalue weighted by atomic mass is 32.2. The van der Waals surface area contributed by atoms with Crippen LogP contribution in [0.3, 0.4) is 0 Å². The van der Waals surface area contributed by atoms with Gasteiger partial charge in [-0.2, -0.15) is 4.31 Å². The lowest BCUT2D eigenvalue weighted by Crippen LogP contribution is -2.49. The van der Waals surface area contributed by atoms with Gasteiger partial charge in [0.1, 0.15) is 16.5 Å². The van der Waals surface area contributed by atoms with E-state index in [9.17, 15) is 17.2 Å². The molecule has 1 saturated heterocycles. The first-order valence-electron chi connectivity index (χ1n) is 9.87. The molecule has 0 N–H and O–H groups in total. The molecule has 1 aliphatic rings. The van der Waals surface area contributed by atoms with Crippen LogP contribution in [-0.2, 0) is 10.0 Å². The van der Waals surface area contributed by atoms with Gasteiger partial charge in [-0.1, -0.05) is 12.1 Å². The first kappa shape index (κ1) is 21.3. The van der Waals surface area contributed by atoms with Crippen LogP contribution in [0, 0.1) is 25.5 Å². The van der Waals surface area contributed by atoms with Gasteiger partial charge in [0.15, 0.2) is 5.82 Å². The number of piperazine rings is 1. The SMILES string of the molecule is Cc1ccc(-c2ccc(N3CCN(S(=O)(=O)c4ccc(F)cc4F)CC3)nn2)cc1C. The van der Waals surface area contributed by atoms with Crippen molar-refractivity contribution >= 4 is 15.8 Å². The van der Waals surface area contributed by atoms with Gasteiger partial charge in [0, 0.05) is 37.8 Å². The standard InChI is InChI=1S/C22H22F2N4O2S/c1-15-3-4-17(13-16(15)2)20-6-8-22(26-25-20)27-9-11-28(12-10-27)31(29,30)21-7-5-18(23)14-19(21)24/h3-8,13-14H,9-12H2,1-2H3. The molecule has 9 heteroatoms. The zero-order valence-corrected chi connectivity index (χ0v) is 18.0. The molecular formula is C22H22F2N4O2S. The molecule has 6 nitrogen and oxygen atoms in total. The van der Waals surface area contributed by atoms with Gasteiger partial charge in [0.2, 0.25) is 10.0 Å². The fourth-order valence-corrected chi connectivity index (χ4v) is 5.00. The maximum Gasteiger partial charge on any atom is 0.246 e. The lowest BCUT2D eigenvalue weighted by Gasteiger charge is -2.34. The number of sulfonamides is 1. The van der Waals surface area contributed by atoms with E-state index in [4.69, 9.17) is 0 Å². The summed E-state index contributed by atoms with van der Waals surface area (Å²) in [6.07, 6.45) is 0. The second kappa shape index (κ2) is 8.32. The monoisotopic (exact) mass is 444 g/mol. The number of hydrogen-bond acceptors (Lipinski definition) is 5. The Kier molecular flexibility index (Phi) is 5.72. The third-order valence-corrected chi connectivity index (χ3v) is 7.46. The molecule has 2 heterocycles. The molecule has 0 amide bonds. The normalized spacial score (nSPS) is 15.3. The Balaban J connectivity index is 1.45. The Labute approximate surface area is 180 Å². The van der Waals surface area contributed by atoms with Crippen LogP contribution in [0.25, 0.3) is 11.3 Å². The quantitative estimate of drug-likeness (QED) is 0.616. The number of nitrogens with zero attached hydrogens (tertiary/aromatic N) is 4. The van der Waals surface area contributed by atoms with Crippen molar-refractivity contribution in [1.29, 1.82) is 0 Å². The first-order chi connectivity index (χ1) is 14.8. The van der Waals surface area contributed by atoms with E-state index in [2.05, 4.69) is 23.2 Å². The summed E-state index contributed by atoms with van der Waals surface area (Å²) in [5.41, 5.74) is 4.14. The van der Waals surface area contributed by atoms with Crippen LogP contribution < -0.4 is 4.90 Å². The van der Waals surface area contributed by atoms with Crippen molar-refractivity contribution in [3.63, 3.8) is 0 Å². The summed E-state index contributed by atoms with van der Waals surface area (Å²) in [5, 5.41) is 8.63. The molecule has 0 spiro atoms. The van der Waals surface area contributed by atoms with Crippen molar-refractivity contribution in [2.45, 2.75) is 18.7 Å². The number of benzene rings is 2. The highest BCUT2D eigenvalue weighted by Crippen LogP contribution is 2.24. The van der Waals surface area contributed by atoms with E-state index in [0.717, 1.165) is 23.4 Å². The lowest BCUT2D eigenvalue weighted by atomic mass is 10.0. The van der Waals surface area contributed by atoms with Crippen molar-refractivity contribution in [1.82, 2.24) is 14.5 Å². The van der Waals surface area contributed by atoms with Gasteiger partial charge in [0.25, 0.3) is 0 Å². The Hall–Kier alpha value is -2.91. The zero-order valence-electron chi connectivity index (χ0n) is 17.2. The molecule has 1 fully saturated rings. The Morgan fingerprint density at radius 3 is 2.19 bits per heavy atom. The molecule has 0 bridgehead atoms. The average Bonchev–Trinajstić information content (AvgIpc) is 2.76. The van der Waals surface area contributed by atoms with Crippen LogP contribution in [0.2, 0.25) is 0 Å². The molecule has 4 rings (SSSR count). The molecule has 1 aliphatic heterocycles. The third-order valence-electron chi connectivity index (χ3n) is 5.53.